The molecule has 0 aromatic heterocycles. The maximum absolute atomic E-state index is 11.8. The van der Waals surface area contributed by atoms with Crippen molar-refractivity contribution in [2.24, 2.45) is 0 Å². The van der Waals surface area contributed by atoms with E-state index in [0.717, 1.165) is 19.1 Å². The number of rotatable bonds is 2. The molecule has 0 aromatic carbocycles. The molecule has 0 aromatic rings. The van der Waals surface area contributed by atoms with Crippen molar-refractivity contribution in [1.82, 2.24) is 4.90 Å². The molecule has 0 radical (unpaired) electrons. The van der Waals surface area contributed by atoms with Gasteiger partial charge in [0.2, 0.25) is 5.91 Å². The van der Waals surface area contributed by atoms with Crippen LogP contribution in [0.5, 0.6) is 0 Å². The SMILES string of the molecule is CC(C(=O)N1CCCC(Br)C1)S(C)(=O)=O. The van der Waals surface area contributed by atoms with E-state index in [-0.39, 0.29) is 5.91 Å². The first-order valence-corrected chi connectivity index (χ1v) is 7.81. The highest BCUT2D eigenvalue weighted by Crippen LogP contribution is 2.18. The summed E-state index contributed by atoms with van der Waals surface area (Å²) in [4.78, 5) is 13.7. The molecule has 4 nitrogen and oxygen atoms in total. The lowest BCUT2D eigenvalue weighted by Crippen LogP contribution is -2.46. The average Bonchev–Trinajstić information content (AvgIpc) is 2.14. The molecule has 6 heteroatoms. The molecule has 0 bridgehead atoms. The summed E-state index contributed by atoms with van der Waals surface area (Å²) in [5.41, 5.74) is 0. The van der Waals surface area contributed by atoms with Crippen molar-refractivity contribution in [3.8, 4) is 0 Å². The number of hydrogen-bond acceptors (Lipinski definition) is 3. The predicted octanol–water partition coefficient (Wildman–Crippen LogP) is 0.805. The third-order valence-electron chi connectivity index (χ3n) is 2.67. The van der Waals surface area contributed by atoms with Gasteiger partial charge in [-0.1, -0.05) is 15.9 Å². The van der Waals surface area contributed by atoms with Crippen molar-refractivity contribution >= 4 is 31.7 Å². The van der Waals surface area contributed by atoms with Gasteiger partial charge in [-0.2, -0.15) is 0 Å². The summed E-state index contributed by atoms with van der Waals surface area (Å²) in [6, 6.07) is 0. The van der Waals surface area contributed by atoms with Gasteiger partial charge in [-0.15, -0.1) is 0 Å². The Balaban J connectivity index is 2.68. The van der Waals surface area contributed by atoms with Crippen LogP contribution in [0.3, 0.4) is 0 Å². The number of piperidine rings is 1. The van der Waals surface area contributed by atoms with E-state index in [2.05, 4.69) is 15.9 Å². The number of sulfone groups is 1. The Hall–Kier alpha value is -0.100. The summed E-state index contributed by atoms with van der Waals surface area (Å²) >= 11 is 3.45. The second-order valence-corrected chi connectivity index (χ2v) is 7.66. The molecule has 0 spiro atoms. The molecule has 1 saturated heterocycles. The fraction of sp³-hybridized carbons (Fsp3) is 0.889. The molecule has 15 heavy (non-hydrogen) atoms. The Morgan fingerprint density at radius 2 is 2.13 bits per heavy atom. The number of nitrogens with zero attached hydrogens (tertiary/aromatic N) is 1. The topological polar surface area (TPSA) is 54.5 Å². The van der Waals surface area contributed by atoms with Crippen molar-refractivity contribution in [1.29, 1.82) is 0 Å². The van der Waals surface area contributed by atoms with Gasteiger partial charge >= 0.3 is 0 Å². The fourth-order valence-corrected chi connectivity index (χ4v) is 2.75. The summed E-state index contributed by atoms with van der Waals surface area (Å²) in [5.74, 6) is -0.276. The standard InChI is InChI=1S/C9H16BrNO3S/c1-7(15(2,13)14)9(12)11-5-3-4-8(10)6-11/h7-8H,3-6H2,1-2H3. The molecule has 0 N–H and O–H groups in total. The van der Waals surface area contributed by atoms with Crippen molar-refractivity contribution in [2.75, 3.05) is 19.3 Å². The minimum absolute atomic E-state index is 0.276. The highest BCUT2D eigenvalue weighted by molar-refractivity contribution is 9.09. The van der Waals surface area contributed by atoms with Gasteiger partial charge in [-0.25, -0.2) is 8.42 Å². The average molecular weight is 298 g/mol. The number of alkyl halides is 1. The van der Waals surface area contributed by atoms with Gasteiger partial charge in [0.15, 0.2) is 9.84 Å². The van der Waals surface area contributed by atoms with Crippen LogP contribution >= 0.6 is 15.9 Å². The van der Waals surface area contributed by atoms with Crippen LogP contribution in [-0.2, 0) is 14.6 Å². The molecule has 1 rings (SSSR count). The lowest BCUT2D eigenvalue weighted by Gasteiger charge is -2.31. The second kappa shape index (κ2) is 4.82. The van der Waals surface area contributed by atoms with Crippen LogP contribution in [0.15, 0.2) is 0 Å². The zero-order chi connectivity index (χ0) is 11.6. The van der Waals surface area contributed by atoms with E-state index >= 15 is 0 Å². The molecular formula is C9H16BrNO3S. The largest absolute Gasteiger partial charge is 0.340 e. The zero-order valence-corrected chi connectivity index (χ0v) is 11.3. The van der Waals surface area contributed by atoms with E-state index < -0.39 is 15.1 Å². The second-order valence-electron chi connectivity index (χ2n) is 4.00. The highest BCUT2D eigenvalue weighted by atomic mass is 79.9. The smallest absolute Gasteiger partial charge is 0.240 e. The van der Waals surface area contributed by atoms with Crippen molar-refractivity contribution in [2.45, 2.75) is 29.8 Å². The Bertz CT molecular complexity index is 341. The lowest BCUT2D eigenvalue weighted by molar-refractivity contribution is -0.131. The quantitative estimate of drug-likeness (QED) is 0.709. The number of carbonyl (C=O) groups excluding carboxylic acids is 1. The van der Waals surface area contributed by atoms with Crippen LogP contribution in [0.2, 0.25) is 0 Å². The first-order chi connectivity index (χ1) is 6.82. The van der Waals surface area contributed by atoms with E-state index in [9.17, 15) is 13.2 Å². The van der Waals surface area contributed by atoms with E-state index in [1.165, 1.54) is 6.92 Å². The summed E-state index contributed by atoms with van der Waals surface area (Å²) in [5, 5.41) is -0.921. The highest BCUT2D eigenvalue weighted by Gasteiger charge is 2.30. The third-order valence-corrected chi connectivity index (χ3v) is 4.90. The molecule has 2 atom stereocenters. The van der Waals surface area contributed by atoms with Crippen LogP contribution < -0.4 is 0 Å². The summed E-state index contributed by atoms with van der Waals surface area (Å²) in [6.45, 7) is 2.73. The van der Waals surface area contributed by atoms with Crippen molar-refractivity contribution in [3.05, 3.63) is 0 Å². The molecule has 2 unspecified atom stereocenters. The Kier molecular flexibility index (Phi) is 4.17. The van der Waals surface area contributed by atoms with Crippen LogP contribution in [-0.4, -0.2) is 48.6 Å². The lowest BCUT2D eigenvalue weighted by atomic mass is 10.1. The summed E-state index contributed by atoms with van der Waals surface area (Å²) in [7, 11) is -3.28. The van der Waals surface area contributed by atoms with Crippen molar-refractivity contribution in [3.63, 3.8) is 0 Å². The van der Waals surface area contributed by atoms with E-state index in [1.54, 1.807) is 4.90 Å². The molecular weight excluding hydrogens is 282 g/mol. The van der Waals surface area contributed by atoms with Gasteiger partial charge < -0.3 is 4.90 Å². The van der Waals surface area contributed by atoms with E-state index in [1.807, 2.05) is 0 Å². The fourth-order valence-electron chi connectivity index (χ4n) is 1.57. The molecule has 1 aliphatic rings. The van der Waals surface area contributed by atoms with Crippen LogP contribution in [0.1, 0.15) is 19.8 Å². The summed E-state index contributed by atoms with van der Waals surface area (Å²) in [6.07, 6.45) is 3.07. The molecule has 1 heterocycles. The molecule has 88 valence electrons. The number of hydrogen-bond donors (Lipinski definition) is 0. The molecule has 0 saturated carbocycles. The predicted molar refractivity (Wildman–Crippen MR) is 62.8 cm³/mol. The monoisotopic (exact) mass is 297 g/mol. The van der Waals surface area contributed by atoms with Crippen LogP contribution in [0.25, 0.3) is 0 Å². The zero-order valence-electron chi connectivity index (χ0n) is 8.94. The summed E-state index contributed by atoms with van der Waals surface area (Å²) < 4.78 is 22.5. The van der Waals surface area contributed by atoms with Gasteiger partial charge in [-0.3, -0.25) is 4.79 Å². The van der Waals surface area contributed by atoms with Crippen molar-refractivity contribution < 1.29 is 13.2 Å². The van der Waals surface area contributed by atoms with Gasteiger partial charge in [0, 0.05) is 24.2 Å². The number of likely N-dealkylation sites (tertiary alicyclic amines) is 1. The maximum Gasteiger partial charge on any atom is 0.240 e. The van der Waals surface area contributed by atoms with Gasteiger partial charge in [-0.05, 0) is 19.8 Å². The number of halogens is 1. The van der Waals surface area contributed by atoms with Crippen LogP contribution in [0, 0.1) is 0 Å². The molecule has 1 fully saturated rings. The van der Waals surface area contributed by atoms with E-state index in [4.69, 9.17) is 0 Å². The minimum Gasteiger partial charge on any atom is -0.340 e. The third kappa shape index (κ3) is 3.45. The number of carbonyl (C=O) groups is 1. The van der Waals surface area contributed by atoms with E-state index in [0.29, 0.717) is 17.9 Å². The first-order valence-electron chi connectivity index (χ1n) is 4.94. The Morgan fingerprint density at radius 1 is 1.53 bits per heavy atom. The Labute approximate surface area is 99.1 Å². The maximum atomic E-state index is 11.8. The minimum atomic E-state index is -3.28. The van der Waals surface area contributed by atoms with Gasteiger partial charge in [0.05, 0.1) is 0 Å². The van der Waals surface area contributed by atoms with Gasteiger partial charge in [0.1, 0.15) is 5.25 Å². The number of amides is 1. The molecule has 0 aliphatic carbocycles. The first kappa shape index (κ1) is 13.0. The van der Waals surface area contributed by atoms with Crippen LogP contribution in [0.4, 0.5) is 0 Å². The normalized spacial score (nSPS) is 25.0. The molecule has 1 amide bonds. The molecule has 1 aliphatic heterocycles. The Morgan fingerprint density at radius 3 is 2.60 bits per heavy atom. The van der Waals surface area contributed by atoms with Gasteiger partial charge in [0.25, 0.3) is 0 Å².